The standard InChI is InChI=1S/C17H25N3O2S/c1-18-23(21,22)10-7-13-3-4-17-15(11-13)16(12-19-17)14-5-8-20(2)9-6-14/h3-4,11-12,14,18-19H,5-10H2,1-2H3/i12+2. The molecule has 0 unspecified atom stereocenters. The molecule has 0 radical (unpaired) electrons. The fraction of sp³-hybridized carbons (Fsp3) is 0.529. The van der Waals surface area contributed by atoms with Gasteiger partial charge in [0.1, 0.15) is 0 Å². The fourth-order valence-corrected chi connectivity index (χ4v) is 4.07. The highest BCUT2D eigenvalue weighted by molar-refractivity contribution is 7.89. The lowest BCUT2D eigenvalue weighted by molar-refractivity contribution is 0.256. The zero-order valence-corrected chi connectivity index (χ0v) is 14.6. The second-order valence-electron chi connectivity index (χ2n) is 6.47. The van der Waals surface area contributed by atoms with Crippen LogP contribution in [0.3, 0.4) is 0 Å². The van der Waals surface area contributed by atoms with Gasteiger partial charge >= 0.3 is 0 Å². The highest BCUT2D eigenvalue weighted by Crippen LogP contribution is 2.33. The van der Waals surface area contributed by atoms with Crippen molar-refractivity contribution in [2.75, 3.05) is 32.9 Å². The summed E-state index contributed by atoms with van der Waals surface area (Å²) in [5, 5.41) is 1.25. The summed E-state index contributed by atoms with van der Waals surface area (Å²) >= 11 is 0. The average Bonchev–Trinajstić information content (AvgIpc) is 2.97. The molecule has 0 atom stereocenters. The largest absolute Gasteiger partial charge is 0.361 e. The number of hydrogen-bond donors (Lipinski definition) is 2. The predicted molar refractivity (Wildman–Crippen MR) is 94.3 cm³/mol. The topological polar surface area (TPSA) is 65.2 Å². The molecule has 2 heterocycles. The smallest absolute Gasteiger partial charge is 0.211 e. The number of rotatable bonds is 5. The van der Waals surface area contributed by atoms with Crippen molar-refractivity contribution in [2.24, 2.45) is 0 Å². The first kappa shape index (κ1) is 16.5. The first-order chi connectivity index (χ1) is 11.0. The van der Waals surface area contributed by atoms with Gasteiger partial charge in [0.05, 0.1) is 5.75 Å². The third-order valence-electron chi connectivity index (χ3n) is 4.91. The summed E-state index contributed by atoms with van der Waals surface area (Å²) in [4.78, 5) is 5.74. The Balaban J connectivity index is 1.82. The number of fused-ring (bicyclic) bond motifs is 1. The summed E-state index contributed by atoms with van der Waals surface area (Å²) in [6.45, 7) is 2.27. The molecule has 1 aliphatic heterocycles. The van der Waals surface area contributed by atoms with Crippen LogP contribution in [-0.4, -0.2) is 51.2 Å². The number of benzene rings is 1. The van der Waals surface area contributed by atoms with Crippen LogP contribution in [0.2, 0.25) is 0 Å². The molecule has 1 saturated heterocycles. The minimum atomic E-state index is -3.16. The molecule has 0 aliphatic carbocycles. The third-order valence-corrected chi connectivity index (χ3v) is 6.27. The molecule has 1 aromatic heterocycles. The van der Waals surface area contributed by atoms with Gasteiger partial charge in [0.2, 0.25) is 10.0 Å². The molecule has 1 aliphatic rings. The van der Waals surface area contributed by atoms with Crippen molar-refractivity contribution in [1.29, 1.82) is 0 Å². The Morgan fingerprint density at radius 1 is 1.35 bits per heavy atom. The zero-order valence-electron chi connectivity index (χ0n) is 13.8. The second kappa shape index (κ2) is 6.63. The Bertz CT molecular complexity index is 774. The lowest BCUT2D eigenvalue weighted by atomic mass is 9.91. The molecular weight excluding hydrogens is 312 g/mol. The number of likely N-dealkylation sites (tertiary alicyclic amines) is 1. The van der Waals surface area contributed by atoms with Crippen molar-refractivity contribution in [3.05, 3.63) is 35.5 Å². The van der Waals surface area contributed by atoms with E-state index >= 15 is 0 Å². The number of aryl methyl sites for hydroxylation is 1. The molecule has 1 aromatic carbocycles. The molecule has 0 amide bonds. The van der Waals surface area contributed by atoms with Gasteiger partial charge in [-0.3, -0.25) is 0 Å². The van der Waals surface area contributed by atoms with Gasteiger partial charge in [-0.2, -0.15) is 0 Å². The summed E-state index contributed by atoms with van der Waals surface area (Å²) in [7, 11) is 0.476. The normalized spacial score (nSPS) is 17.8. The molecule has 2 aromatic rings. The molecule has 126 valence electrons. The molecule has 23 heavy (non-hydrogen) atoms. The van der Waals surface area contributed by atoms with Gasteiger partial charge in [0, 0.05) is 17.1 Å². The minimum absolute atomic E-state index is 0.128. The van der Waals surface area contributed by atoms with Crippen molar-refractivity contribution >= 4 is 20.9 Å². The van der Waals surface area contributed by atoms with E-state index in [1.807, 2.05) is 6.07 Å². The first-order valence-corrected chi connectivity index (χ1v) is 9.83. The van der Waals surface area contributed by atoms with E-state index in [0.29, 0.717) is 12.3 Å². The Morgan fingerprint density at radius 3 is 2.78 bits per heavy atom. The Morgan fingerprint density at radius 2 is 2.09 bits per heavy atom. The predicted octanol–water partition coefficient (Wildman–Crippen LogP) is 2.07. The number of nitrogens with zero attached hydrogens (tertiary/aromatic N) is 1. The van der Waals surface area contributed by atoms with Crippen LogP contribution in [0, 0.1) is 0 Å². The SMILES string of the molecule is CNS(=O)(=O)CCc1ccc2[nH][14cH]c(C3CCN(C)CC3)c2c1. The summed E-state index contributed by atoms with van der Waals surface area (Å²) in [5.41, 5.74) is 3.59. The first-order valence-electron chi connectivity index (χ1n) is 8.18. The van der Waals surface area contributed by atoms with E-state index in [4.69, 9.17) is 0 Å². The molecular formula is C17H25N3O2S. The van der Waals surface area contributed by atoms with Crippen LogP contribution in [0.4, 0.5) is 0 Å². The second-order valence-corrected chi connectivity index (χ2v) is 8.52. The highest BCUT2D eigenvalue weighted by Gasteiger charge is 2.21. The van der Waals surface area contributed by atoms with Crippen LogP contribution in [0.5, 0.6) is 0 Å². The monoisotopic (exact) mass is 337 g/mol. The number of hydrogen-bond acceptors (Lipinski definition) is 3. The van der Waals surface area contributed by atoms with E-state index in [9.17, 15) is 8.42 Å². The van der Waals surface area contributed by atoms with Gasteiger partial charge in [-0.05, 0) is 75.6 Å². The maximum Gasteiger partial charge on any atom is 0.211 e. The van der Waals surface area contributed by atoms with Gasteiger partial charge in [-0.1, -0.05) is 6.07 Å². The summed E-state index contributed by atoms with van der Waals surface area (Å²) in [6.07, 6.45) is 5.04. The van der Waals surface area contributed by atoms with Crippen LogP contribution in [0.15, 0.2) is 24.4 Å². The van der Waals surface area contributed by atoms with Gasteiger partial charge in [-0.25, -0.2) is 13.1 Å². The van der Waals surface area contributed by atoms with Gasteiger partial charge in [-0.15, -0.1) is 0 Å². The van der Waals surface area contributed by atoms with E-state index in [0.717, 1.165) is 24.2 Å². The maximum atomic E-state index is 11.6. The van der Waals surface area contributed by atoms with Crippen LogP contribution in [-0.2, 0) is 16.4 Å². The summed E-state index contributed by atoms with van der Waals surface area (Å²) < 4.78 is 25.6. The van der Waals surface area contributed by atoms with Crippen molar-refractivity contribution in [1.82, 2.24) is 14.6 Å². The molecule has 5 nitrogen and oxygen atoms in total. The Kier molecular flexibility index (Phi) is 4.75. The van der Waals surface area contributed by atoms with Crippen LogP contribution in [0.25, 0.3) is 10.9 Å². The van der Waals surface area contributed by atoms with Crippen LogP contribution in [0.1, 0.15) is 29.9 Å². The number of piperidine rings is 1. The van der Waals surface area contributed by atoms with Gasteiger partial charge < -0.3 is 9.88 Å². The van der Waals surface area contributed by atoms with Crippen LogP contribution >= 0.6 is 0 Å². The van der Waals surface area contributed by atoms with Crippen molar-refractivity contribution in [3.63, 3.8) is 0 Å². The number of aromatic amines is 1. The average molecular weight is 337 g/mol. The minimum Gasteiger partial charge on any atom is -0.361 e. The fourth-order valence-electron chi connectivity index (χ4n) is 3.36. The quantitative estimate of drug-likeness (QED) is 0.878. The van der Waals surface area contributed by atoms with Crippen molar-refractivity contribution in [3.8, 4) is 0 Å². The molecule has 0 spiro atoms. The number of sulfonamides is 1. The lowest BCUT2D eigenvalue weighted by Crippen LogP contribution is -2.29. The third kappa shape index (κ3) is 3.76. The molecule has 2 N–H and O–H groups in total. The molecule has 1 fully saturated rings. The van der Waals surface area contributed by atoms with Gasteiger partial charge in [0.25, 0.3) is 0 Å². The van der Waals surface area contributed by atoms with Crippen LogP contribution < -0.4 is 4.72 Å². The summed E-state index contributed by atoms with van der Waals surface area (Å²) in [5.74, 6) is 0.722. The summed E-state index contributed by atoms with van der Waals surface area (Å²) in [6, 6.07) is 6.24. The van der Waals surface area contributed by atoms with E-state index in [1.54, 1.807) is 0 Å². The number of nitrogens with one attached hydrogen (secondary N) is 2. The van der Waals surface area contributed by atoms with E-state index in [-0.39, 0.29) is 5.75 Å². The maximum absolute atomic E-state index is 11.6. The number of aromatic nitrogens is 1. The van der Waals surface area contributed by atoms with E-state index in [1.165, 1.54) is 30.8 Å². The molecule has 3 rings (SSSR count). The van der Waals surface area contributed by atoms with Crippen molar-refractivity contribution in [2.45, 2.75) is 25.2 Å². The van der Waals surface area contributed by atoms with Crippen molar-refractivity contribution < 1.29 is 8.42 Å². The van der Waals surface area contributed by atoms with E-state index in [2.05, 4.69) is 40.0 Å². The Hall–Kier alpha value is -1.37. The molecule has 6 heteroatoms. The zero-order chi connectivity index (χ0) is 16.4. The molecule has 0 bridgehead atoms. The Labute approximate surface area is 138 Å². The van der Waals surface area contributed by atoms with Gasteiger partial charge in [0.15, 0.2) is 0 Å². The highest BCUT2D eigenvalue weighted by atomic mass is 32.2. The van der Waals surface area contributed by atoms with E-state index < -0.39 is 10.0 Å². The molecule has 0 saturated carbocycles. The lowest BCUT2D eigenvalue weighted by Gasteiger charge is -2.28. The number of H-pyrrole nitrogens is 1.